The number of hydrogen-bond acceptors (Lipinski definition) is 8. The maximum absolute atomic E-state index is 12.8. The molecule has 2 aliphatic heterocycles. The molecule has 0 amide bonds. The standard InChI is InChI=1S/C20H24N6O4S/c1-31(28,29)26-9-13(10-26)3-2-4-16(27)18-15-11-25(8-6-17(15)30-24-18)20-14-5-7-21-19(14)22-12-23-20/h5,7,12-13H,2-4,6,8-11H2,1H3,(H,21,22,23). The van der Waals surface area contributed by atoms with Crippen molar-refractivity contribution in [2.75, 3.05) is 30.8 Å². The van der Waals surface area contributed by atoms with Crippen molar-refractivity contribution in [3.05, 3.63) is 35.6 Å². The molecule has 164 valence electrons. The van der Waals surface area contributed by atoms with Crippen LogP contribution in [0.25, 0.3) is 11.0 Å². The molecule has 0 aliphatic carbocycles. The van der Waals surface area contributed by atoms with Gasteiger partial charge < -0.3 is 14.4 Å². The first-order valence-electron chi connectivity index (χ1n) is 10.4. The highest BCUT2D eigenvalue weighted by Gasteiger charge is 2.33. The molecule has 0 bridgehead atoms. The average Bonchev–Trinajstić information content (AvgIpc) is 3.34. The lowest BCUT2D eigenvalue weighted by Gasteiger charge is -2.37. The largest absolute Gasteiger partial charge is 0.360 e. The SMILES string of the molecule is CS(=O)(=O)N1CC(CCCC(=O)c2noc3c2CN(c2ncnc4[nH]ccc24)CC3)C1. The van der Waals surface area contributed by atoms with Crippen molar-refractivity contribution in [1.82, 2.24) is 24.4 Å². The first-order valence-corrected chi connectivity index (χ1v) is 12.2. The van der Waals surface area contributed by atoms with Crippen molar-refractivity contribution < 1.29 is 17.7 Å². The number of ketones is 1. The molecule has 31 heavy (non-hydrogen) atoms. The quantitative estimate of drug-likeness (QED) is 0.547. The molecule has 0 atom stereocenters. The maximum atomic E-state index is 12.8. The van der Waals surface area contributed by atoms with Crippen LogP contribution >= 0.6 is 0 Å². The lowest BCUT2D eigenvalue weighted by atomic mass is 9.94. The zero-order valence-electron chi connectivity index (χ0n) is 17.2. The average molecular weight is 445 g/mol. The Bertz CT molecular complexity index is 1230. The summed E-state index contributed by atoms with van der Waals surface area (Å²) in [5, 5.41) is 5.02. The number of hydrogen-bond donors (Lipinski definition) is 1. The second-order valence-corrected chi connectivity index (χ2v) is 10.3. The number of nitrogens with zero attached hydrogens (tertiary/aromatic N) is 5. The number of H-pyrrole nitrogens is 1. The van der Waals surface area contributed by atoms with E-state index in [2.05, 4.69) is 25.0 Å². The zero-order valence-corrected chi connectivity index (χ0v) is 18.1. The minimum absolute atomic E-state index is 0.0272. The maximum Gasteiger partial charge on any atom is 0.211 e. The van der Waals surface area contributed by atoms with Crippen LogP contribution in [0.3, 0.4) is 0 Å². The second kappa shape index (κ2) is 7.72. The van der Waals surface area contributed by atoms with E-state index in [1.165, 1.54) is 16.9 Å². The molecule has 11 heteroatoms. The Labute approximate surface area is 179 Å². The van der Waals surface area contributed by atoms with E-state index in [0.29, 0.717) is 50.5 Å². The van der Waals surface area contributed by atoms with E-state index in [-0.39, 0.29) is 5.78 Å². The third kappa shape index (κ3) is 3.83. The Morgan fingerprint density at radius 3 is 2.97 bits per heavy atom. The van der Waals surface area contributed by atoms with Gasteiger partial charge in [0, 0.05) is 44.2 Å². The monoisotopic (exact) mass is 444 g/mol. The van der Waals surface area contributed by atoms with Crippen molar-refractivity contribution in [3.63, 3.8) is 0 Å². The number of aromatic nitrogens is 4. The normalized spacial score (nSPS) is 17.6. The number of nitrogens with one attached hydrogen (secondary N) is 1. The van der Waals surface area contributed by atoms with E-state index in [4.69, 9.17) is 4.52 Å². The van der Waals surface area contributed by atoms with Gasteiger partial charge in [-0.1, -0.05) is 5.16 Å². The smallest absolute Gasteiger partial charge is 0.211 e. The van der Waals surface area contributed by atoms with Gasteiger partial charge >= 0.3 is 0 Å². The Morgan fingerprint density at radius 2 is 2.16 bits per heavy atom. The molecule has 0 aromatic carbocycles. The summed E-state index contributed by atoms with van der Waals surface area (Å²) in [6, 6.07) is 1.95. The van der Waals surface area contributed by atoms with Crippen LogP contribution in [0.4, 0.5) is 5.82 Å². The molecule has 5 rings (SSSR count). The number of carbonyl (C=O) groups excluding carboxylic acids is 1. The van der Waals surface area contributed by atoms with Crippen LogP contribution in [0, 0.1) is 5.92 Å². The summed E-state index contributed by atoms with van der Waals surface area (Å²) >= 11 is 0. The fourth-order valence-electron chi connectivity index (χ4n) is 4.37. The van der Waals surface area contributed by atoms with Gasteiger partial charge in [-0.3, -0.25) is 4.79 Å². The molecule has 3 aromatic heterocycles. The molecule has 10 nitrogen and oxygen atoms in total. The van der Waals surface area contributed by atoms with Crippen LogP contribution in [0.1, 0.15) is 41.1 Å². The van der Waals surface area contributed by atoms with Gasteiger partial charge in [-0.2, -0.15) is 0 Å². The van der Waals surface area contributed by atoms with E-state index < -0.39 is 10.0 Å². The minimum Gasteiger partial charge on any atom is -0.360 e. The van der Waals surface area contributed by atoms with Gasteiger partial charge in [0.25, 0.3) is 0 Å². The summed E-state index contributed by atoms with van der Waals surface area (Å²) in [7, 11) is -3.10. The van der Waals surface area contributed by atoms with E-state index in [1.807, 2.05) is 12.3 Å². The third-order valence-electron chi connectivity index (χ3n) is 6.13. The Balaban J connectivity index is 1.22. The molecule has 1 N–H and O–H groups in total. The molecule has 0 unspecified atom stereocenters. The Hall–Kier alpha value is -2.79. The van der Waals surface area contributed by atoms with Crippen LogP contribution in [0.5, 0.6) is 0 Å². The fourth-order valence-corrected chi connectivity index (χ4v) is 5.33. The first kappa shape index (κ1) is 20.1. The van der Waals surface area contributed by atoms with Gasteiger partial charge in [-0.25, -0.2) is 22.7 Å². The summed E-state index contributed by atoms with van der Waals surface area (Å²) in [4.78, 5) is 26.7. The number of aromatic amines is 1. The molecular formula is C20H24N6O4S. The summed E-state index contributed by atoms with van der Waals surface area (Å²) < 4.78 is 29.9. The first-order chi connectivity index (χ1) is 14.9. The number of fused-ring (bicyclic) bond motifs is 2. The zero-order chi connectivity index (χ0) is 21.6. The number of Topliss-reactive ketones (excluding diaryl/α,β-unsaturated/α-hetero) is 1. The van der Waals surface area contributed by atoms with Gasteiger partial charge in [0.2, 0.25) is 10.0 Å². The van der Waals surface area contributed by atoms with Crippen molar-refractivity contribution >= 4 is 32.7 Å². The van der Waals surface area contributed by atoms with Crippen molar-refractivity contribution in [2.45, 2.75) is 32.2 Å². The van der Waals surface area contributed by atoms with Crippen LogP contribution in [-0.2, 0) is 23.0 Å². The highest BCUT2D eigenvalue weighted by molar-refractivity contribution is 7.88. The topological polar surface area (TPSA) is 125 Å². The van der Waals surface area contributed by atoms with Crippen LogP contribution < -0.4 is 4.90 Å². The van der Waals surface area contributed by atoms with Gasteiger partial charge in [0.15, 0.2) is 11.5 Å². The highest BCUT2D eigenvalue weighted by Crippen LogP contribution is 2.30. The predicted octanol–water partition coefficient (Wildman–Crippen LogP) is 1.75. The molecule has 0 radical (unpaired) electrons. The number of carbonyl (C=O) groups is 1. The van der Waals surface area contributed by atoms with E-state index in [9.17, 15) is 13.2 Å². The molecular weight excluding hydrogens is 420 g/mol. The number of anilines is 1. The summed E-state index contributed by atoms with van der Waals surface area (Å²) in [6.45, 7) is 2.34. The van der Waals surface area contributed by atoms with Crippen LogP contribution in [0.2, 0.25) is 0 Å². The lowest BCUT2D eigenvalue weighted by molar-refractivity contribution is 0.0962. The van der Waals surface area contributed by atoms with Crippen molar-refractivity contribution in [3.8, 4) is 0 Å². The van der Waals surface area contributed by atoms with Gasteiger partial charge in [0.1, 0.15) is 23.6 Å². The van der Waals surface area contributed by atoms with Gasteiger partial charge in [-0.15, -0.1) is 0 Å². The molecule has 5 heterocycles. The van der Waals surface area contributed by atoms with Crippen molar-refractivity contribution in [1.29, 1.82) is 0 Å². The predicted molar refractivity (Wildman–Crippen MR) is 113 cm³/mol. The molecule has 1 fully saturated rings. The third-order valence-corrected chi connectivity index (χ3v) is 7.37. The Morgan fingerprint density at radius 1 is 1.32 bits per heavy atom. The number of rotatable bonds is 7. The molecule has 2 aliphatic rings. The second-order valence-electron chi connectivity index (χ2n) is 8.30. The van der Waals surface area contributed by atoms with Crippen molar-refractivity contribution in [2.24, 2.45) is 5.92 Å². The van der Waals surface area contributed by atoms with Gasteiger partial charge in [-0.05, 0) is 24.8 Å². The molecule has 0 saturated carbocycles. The molecule has 0 spiro atoms. The Kier molecular flexibility index (Phi) is 5.01. The highest BCUT2D eigenvalue weighted by atomic mass is 32.2. The van der Waals surface area contributed by atoms with Crippen LogP contribution in [0.15, 0.2) is 23.1 Å². The van der Waals surface area contributed by atoms with E-state index in [0.717, 1.165) is 41.1 Å². The van der Waals surface area contributed by atoms with Crippen LogP contribution in [-0.4, -0.2) is 64.5 Å². The summed E-state index contributed by atoms with van der Waals surface area (Å²) in [5.41, 5.74) is 2.03. The summed E-state index contributed by atoms with van der Waals surface area (Å²) in [5.74, 6) is 1.89. The summed E-state index contributed by atoms with van der Waals surface area (Å²) in [6.07, 6.45) is 7.18. The number of sulfonamides is 1. The van der Waals surface area contributed by atoms with E-state index >= 15 is 0 Å². The minimum atomic E-state index is -3.10. The van der Waals surface area contributed by atoms with Gasteiger partial charge in [0.05, 0.1) is 18.2 Å². The molecule has 3 aromatic rings. The molecule has 1 saturated heterocycles. The lowest BCUT2D eigenvalue weighted by Crippen LogP contribution is -2.49. The van der Waals surface area contributed by atoms with E-state index in [1.54, 1.807) is 0 Å². The fraction of sp³-hybridized carbons (Fsp3) is 0.500.